The predicted molar refractivity (Wildman–Crippen MR) is 89.0 cm³/mol. The summed E-state index contributed by atoms with van der Waals surface area (Å²) in [4.78, 5) is 4.04. The van der Waals surface area contributed by atoms with Crippen molar-refractivity contribution >= 4 is 69.3 Å². The highest BCUT2D eigenvalue weighted by atomic mass is 79.9. The van der Waals surface area contributed by atoms with Crippen molar-refractivity contribution in [1.29, 1.82) is 0 Å². The number of aromatic nitrogens is 1. The molecule has 5 nitrogen and oxygen atoms in total. The molecule has 0 amide bonds. The van der Waals surface area contributed by atoms with Crippen LogP contribution in [0.25, 0.3) is 0 Å². The number of nitrogens with two attached hydrogens (primary N) is 1. The first-order valence-electron chi connectivity index (χ1n) is 5.18. The number of hydrogen-bond donors (Lipinski definition) is 2. The third-order valence-electron chi connectivity index (χ3n) is 2.26. The number of anilines is 2. The highest BCUT2D eigenvalue weighted by molar-refractivity contribution is 9.11. The summed E-state index contributed by atoms with van der Waals surface area (Å²) < 4.78 is 28.7. The molecule has 1 heterocycles. The molecule has 1 aromatic heterocycles. The lowest BCUT2D eigenvalue weighted by Crippen LogP contribution is -2.15. The molecule has 3 N–H and O–H groups in total. The average Bonchev–Trinajstić information content (AvgIpc) is 2.30. The van der Waals surface area contributed by atoms with Gasteiger partial charge in [-0.05, 0) is 72.1 Å². The molecule has 1 aromatic carbocycles. The molecule has 0 aliphatic rings. The van der Waals surface area contributed by atoms with E-state index in [0.717, 1.165) is 4.47 Å². The molecule has 0 unspecified atom stereocenters. The predicted octanol–water partition coefficient (Wildman–Crippen LogP) is 3.75. The van der Waals surface area contributed by atoms with Gasteiger partial charge in [0.25, 0.3) is 10.0 Å². The number of sulfonamides is 1. The molecule has 0 aliphatic heterocycles. The highest BCUT2D eigenvalue weighted by Gasteiger charge is 2.22. The number of hydrogen-bond acceptors (Lipinski definition) is 4. The summed E-state index contributed by atoms with van der Waals surface area (Å²) in [5, 5.41) is 0. The standard InChI is InChI=1S/C11H8Br3N3O2S/c12-6-1-2-10(16-5-6)17-20(18,19)11-8(13)3-7(15)4-9(11)14/h1-5H,15H2,(H,16,17). The van der Waals surface area contributed by atoms with Crippen LogP contribution in [0.4, 0.5) is 11.5 Å². The van der Waals surface area contributed by atoms with Crippen LogP contribution in [0.2, 0.25) is 0 Å². The van der Waals surface area contributed by atoms with Gasteiger partial charge in [0.2, 0.25) is 0 Å². The Balaban J connectivity index is 2.43. The van der Waals surface area contributed by atoms with Crippen molar-refractivity contribution in [3.63, 3.8) is 0 Å². The van der Waals surface area contributed by atoms with Crippen LogP contribution in [0.5, 0.6) is 0 Å². The van der Waals surface area contributed by atoms with Gasteiger partial charge in [-0.15, -0.1) is 0 Å². The van der Waals surface area contributed by atoms with Gasteiger partial charge in [-0.25, -0.2) is 13.4 Å². The van der Waals surface area contributed by atoms with Gasteiger partial charge in [0.15, 0.2) is 0 Å². The third-order valence-corrected chi connectivity index (χ3v) is 5.96. The van der Waals surface area contributed by atoms with E-state index in [-0.39, 0.29) is 10.7 Å². The first-order valence-corrected chi connectivity index (χ1v) is 9.05. The van der Waals surface area contributed by atoms with Gasteiger partial charge < -0.3 is 5.73 Å². The summed E-state index contributed by atoms with van der Waals surface area (Å²) in [5.41, 5.74) is 6.10. The van der Waals surface area contributed by atoms with Crippen molar-refractivity contribution in [3.8, 4) is 0 Å². The van der Waals surface area contributed by atoms with E-state index < -0.39 is 10.0 Å². The Morgan fingerprint density at radius 1 is 1.10 bits per heavy atom. The number of nitrogens with zero attached hydrogens (tertiary/aromatic N) is 1. The van der Waals surface area contributed by atoms with Gasteiger partial charge >= 0.3 is 0 Å². The molecule has 0 radical (unpaired) electrons. The lowest BCUT2D eigenvalue weighted by atomic mass is 10.3. The van der Waals surface area contributed by atoms with E-state index >= 15 is 0 Å². The fourth-order valence-corrected chi connectivity index (χ4v) is 5.33. The maximum Gasteiger partial charge on any atom is 0.265 e. The molecule has 0 saturated carbocycles. The lowest BCUT2D eigenvalue weighted by Gasteiger charge is -2.11. The van der Waals surface area contributed by atoms with Gasteiger partial charge in [0.1, 0.15) is 10.7 Å². The zero-order chi connectivity index (χ0) is 14.9. The Hall–Kier alpha value is -0.640. The van der Waals surface area contributed by atoms with Gasteiger partial charge in [-0.3, -0.25) is 4.72 Å². The van der Waals surface area contributed by atoms with Crippen molar-refractivity contribution in [1.82, 2.24) is 4.98 Å². The molecular weight excluding hydrogens is 478 g/mol. The minimum Gasteiger partial charge on any atom is -0.399 e. The Kier molecular flexibility index (Phi) is 4.73. The molecule has 0 aliphatic carbocycles. The van der Waals surface area contributed by atoms with Gasteiger partial charge in [-0.2, -0.15) is 0 Å². The van der Waals surface area contributed by atoms with Crippen LogP contribution in [0.3, 0.4) is 0 Å². The summed E-state index contributed by atoms with van der Waals surface area (Å²) in [7, 11) is -3.78. The quantitative estimate of drug-likeness (QED) is 0.648. The van der Waals surface area contributed by atoms with Crippen molar-refractivity contribution in [2.75, 3.05) is 10.5 Å². The molecular formula is C11H8Br3N3O2S. The van der Waals surface area contributed by atoms with Crippen LogP contribution in [0, 0.1) is 0 Å². The Labute approximate surface area is 141 Å². The number of benzene rings is 1. The fourth-order valence-electron chi connectivity index (χ4n) is 1.46. The van der Waals surface area contributed by atoms with Gasteiger partial charge in [0.05, 0.1) is 0 Å². The van der Waals surface area contributed by atoms with Crippen LogP contribution in [-0.4, -0.2) is 13.4 Å². The second-order valence-electron chi connectivity index (χ2n) is 3.78. The van der Waals surface area contributed by atoms with Crippen LogP contribution in [0.1, 0.15) is 0 Å². The van der Waals surface area contributed by atoms with Crippen molar-refractivity contribution in [2.45, 2.75) is 4.90 Å². The minimum absolute atomic E-state index is 0.0661. The van der Waals surface area contributed by atoms with Crippen LogP contribution < -0.4 is 10.5 Å². The number of nitrogens with one attached hydrogen (secondary N) is 1. The van der Waals surface area contributed by atoms with E-state index in [1.807, 2.05) is 0 Å². The molecule has 2 rings (SSSR count). The molecule has 0 spiro atoms. The van der Waals surface area contributed by atoms with Crippen LogP contribution in [-0.2, 0) is 10.0 Å². The number of pyridine rings is 1. The summed E-state index contributed by atoms with van der Waals surface area (Å²) in [6.07, 6.45) is 1.50. The highest BCUT2D eigenvalue weighted by Crippen LogP contribution is 2.33. The molecule has 0 fully saturated rings. The van der Waals surface area contributed by atoms with E-state index in [1.54, 1.807) is 12.1 Å². The average molecular weight is 486 g/mol. The fraction of sp³-hybridized carbons (Fsp3) is 0. The monoisotopic (exact) mass is 483 g/mol. The smallest absolute Gasteiger partial charge is 0.265 e. The van der Waals surface area contributed by atoms with Crippen LogP contribution >= 0.6 is 47.8 Å². The number of halogens is 3. The zero-order valence-electron chi connectivity index (χ0n) is 9.77. The van der Waals surface area contributed by atoms with Crippen LogP contribution in [0.15, 0.2) is 48.8 Å². The molecule has 106 valence electrons. The summed E-state index contributed by atoms with van der Waals surface area (Å²) >= 11 is 9.64. The SMILES string of the molecule is Nc1cc(Br)c(S(=O)(=O)Nc2ccc(Br)cn2)c(Br)c1. The number of nitrogen functional groups attached to an aromatic ring is 1. The minimum atomic E-state index is -3.78. The first kappa shape index (κ1) is 15.7. The van der Waals surface area contributed by atoms with E-state index in [0.29, 0.717) is 14.6 Å². The summed E-state index contributed by atoms with van der Waals surface area (Å²) in [5.74, 6) is 0.226. The molecule has 9 heteroatoms. The molecule has 0 atom stereocenters. The van der Waals surface area contributed by atoms with E-state index in [1.165, 1.54) is 18.3 Å². The van der Waals surface area contributed by atoms with Crippen molar-refractivity contribution in [2.24, 2.45) is 0 Å². The second-order valence-corrected chi connectivity index (χ2v) is 8.02. The summed E-state index contributed by atoms with van der Waals surface area (Å²) in [6, 6.07) is 6.29. The topological polar surface area (TPSA) is 85.1 Å². The van der Waals surface area contributed by atoms with E-state index in [4.69, 9.17) is 5.73 Å². The van der Waals surface area contributed by atoms with Crippen molar-refractivity contribution in [3.05, 3.63) is 43.9 Å². The molecule has 0 saturated heterocycles. The molecule has 0 bridgehead atoms. The lowest BCUT2D eigenvalue weighted by molar-refractivity contribution is 0.600. The normalized spacial score (nSPS) is 11.3. The van der Waals surface area contributed by atoms with E-state index in [9.17, 15) is 8.42 Å². The maximum absolute atomic E-state index is 12.4. The Bertz CT molecular complexity index is 725. The number of rotatable bonds is 3. The molecule has 20 heavy (non-hydrogen) atoms. The molecule has 2 aromatic rings. The van der Waals surface area contributed by atoms with E-state index in [2.05, 4.69) is 57.5 Å². The second kappa shape index (κ2) is 6.00. The summed E-state index contributed by atoms with van der Waals surface area (Å²) in [6.45, 7) is 0. The first-order chi connectivity index (χ1) is 9.29. The Morgan fingerprint density at radius 3 is 2.20 bits per heavy atom. The Morgan fingerprint density at radius 2 is 1.70 bits per heavy atom. The van der Waals surface area contributed by atoms with Crippen molar-refractivity contribution < 1.29 is 8.42 Å². The van der Waals surface area contributed by atoms with Gasteiger partial charge in [0, 0.05) is 25.3 Å². The zero-order valence-corrected chi connectivity index (χ0v) is 15.3. The largest absolute Gasteiger partial charge is 0.399 e. The third kappa shape index (κ3) is 3.51. The van der Waals surface area contributed by atoms with Gasteiger partial charge in [-0.1, -0.05) is 0 Å². The maximum atomic E-state index is 12.4.